The first-order valence-electron chi connectivity index (χ1n) is 10.4. The summed E-state index contributed by atoms with van der Waals surface area (Å²) in [5, 5.41) is 23.3. The Kier molecular flexibility index (Phi) is 8.41. The number of nitrogens with zero attached hydrogens (tertiary/aromatic N) is 1. The van der Waals surface area contributed by atoms with E-state index in [1.807, 2.05) is 6.07 Å². The number of nitrogens with one attached hydrogen (secondary N) is 1. The third-order valence-electron chi connectivity index (χ3n) is 5.27. The first-order valence-corrected chi connectivity index (χ1v) is 10.4. The van der Waals surface area contributed by atoms with Crippen LogP contribution in [0.1, 0.15) is 58.4 Å². The van der Waals surface area contributed by atoms with Gasteiger partial charge in [0.05, 0.1) is 6.61 Å². The van der Waals surface area contributed by atoms with Crippen LogP contribution in [0.3, 0.4) is 0 Å². The lowest BCUT2D eigenvalue weighted by Gasteiger charge is -2.40. The molecule has 1 aromatic rings. The van der Waals surface area contributed by atoms with Crippen molar-refractivity contribution in [2.45, 2.75) is 76.6 Å². The molecule has 1 saturated carbocycles. The molecule has 1 amide bonds. The number of aliphatic carboxylic acids is 1. The topological polar surface area (TPSA) is 125 Å². The number of amides is 1. The minimum Gasteiger partial charge on any atom is -0.480 e. The number of carbonyl (C=O) groups excluding carboxylic acids is 2. The molecule has 0 saturated heterocycles. The predicted molar refractivity (Wildman–Crippen MR) is 112 cm³/mol. The van der Waals surface area contributed by atoms with Crippen molar-refractivity contribution in [3.63, 3.8) is 0 Å². The number of carbonyl (C=O) groups is 3. The highest BCUT2D eigenvalue weighted by Crippen LogP contribution is 2.29. The maximum atomic E-state index is 13.0. The first kappa shape index (κ1) is 24.6. The Morgan fingerprint density at radius 2 is 1.74 bits per heavy atom. The third kappa shape index (κ3) is 6.67. The SMILES string of the molecule is CC(C)(C)N(OC(=O)OCc1ccccc1)[C@H](CO)C(=O)NC1(C(=O)O)CCCCC1. The number of hydroxylamine groups is 2. The van der Waals surface area contributed by atoms with E-state index in [1.54, 1.807) is 45.0 Å². The van der Waals surface area contributed by atoms with Crippen molar-refractivity contribution in [3.05, 3.63) is 35.9 Å². The van der Waals surface area contributed by atoms with Crippen LogP contribution >= 0.6 is 0 Å². The van der Waals surface area contributed by atoms with Gasteiger partial charge in [0.1, 0.15) is 18.2 Å². The summed E-state index contributed by atoms with van der Waals surface area (Å²) < 4.78 is 5.13. The van der Waals surface area contributed by atoms with Crippen molar-refractivity contribution >= 4 is 18.0 Å². The molecule has 1 aliphatic carbocycles. The largest absolute Gasteiger partial charge is 0.528 e. The van der Waals surface area contributed by atoms with Gasteiger partial charge >= 0.3 is 12.1 Å². The van der Waals surface area contributed by atoms with Gasteiger partial charge < -0.3 is 25.1 Å². The van der Waals surface area contributed by atoms with Crippen molar-refractivity contribution in [3.8, 4) is 0 Å². The molecule has 172 valence electrons. The summed E-state index contributed by atoms with van der Waals surface area (Å²) in [5.41, 5.74) is -1.50. The highest BCUT2D eigenvalue weighted by atomic mass is 16.8. The molecule has 2 rings (SSSR count). The van der Waals surface area contributed by atoms with E-state index in [2.05, 4.69) is 5.32 Å². The lowest BCUT2D eigenvalue weighted by atomic mass is 9.81. The minimum absolute atomic E-state index is 0.0181. The van der Waals surface area contributed by atoms with E-state index in [9.17, 15) is 24.6 Å². The van der Waals surface area contributed by atoms with Crippen LogP contribution in [-0.4, -0.2) is 57.0 Å². The van der Waals surface area contributed by atoms with Gasteiger partial charge in [0.25, 0.3) is 0 Å². The van der Waals surface area contributed by atoms with Gasteiger partial charge in [-0.15, -0.1) is 5.06 Å². The highest BCUT2D eigenvalue weighted by Gasteiger charge is 2.45. The van der Waals surface area contributed by atoms with Gasteiger partial charge in [-0.25, -0.2) is 9.59 Å². The van der Waals surface area contributed by atoms with Crippen LogP contribution in [0, 0.1) is 0 Å². The zero-order chi connectivity index (χ0) is 23.1. The number of ether oxygens (including phenoxy) is 1. The molecule has 0 radical (unpaired) electrons. The predicted octanol–water partition coefficient (Wildman–Crippen LogP) is 2.62. The lowest BCUT2D eigenvalue weighted by Crippen LogP contribution is -2.63. The second-order valence-electron chi connectivity index (χ2n) is 8.75. The van der Waals surface area contributed by atoms with Crippen molar-refractivity contribution in [1.82, 2.24) is 10.4 Å². The third-order valence-corrected chi connectivity index (χ3v) is 5.27. The lowest BCUT2D eigenvalue weighted by molar-refractivity contribution is -0.212. The number of aliphatic hydroxyl groups is 1. The average molecular weight is 437 g/mol. The number of aliphatic hydroxyl groups excluding tert-OH is 1. The normalized spacial score (nSPS) is 16.9. The van der Waals surface area contributed by atoms with Crippen LogP contribution < -0.4 is 5.32 Å². The molecule has 3 N–H and O–H groups in total. The van der Waals surface area contributed by atoms with E-state index in [0.29, 0.717) is 25.7 Å². The van der Waals surface area contributed by atoms with Crippen LogP contribution in [0.4, 0.5) is 4.79 Å². The Bertz CT molecular complexity index is 755. The van der Waals surface area contributed by atoms with E-state index in [0.717, 1.165) is 17.0 Å². The molecule has 0 unspecified atom stereocenters. The van der Waals surface area contributed by atoms with Crippen LogP contribution in [0.25, 0.3) is 0 Å². The molecule has 9 heteroatoms. The summed E-state index contributed by atoms with van der Waals surface area (Å²) in [4.78, 5) is 42.5. The number of carboxylic acid groups (broad SMARTS) is 1. The molecule has 9 nitrogen and oxygen atoms in total. The van der Waals surface area contributed by atoms with E-state index >= 15 is 0 Å². The molecule has 0 heterocycles. The van der Waals surface area contributed by atoms with E-state index in [4.69, 9.17) is 9.57 Å². The molecule has 1 aromatic carbocycles. The monoisotopic (exact) mass is 436 g/mol. The van der Waals surface area contributed by atoms with Gasteiger partial charge in [0, 0.05) is 5.54 Å². The van der Waals surface area contributed by atoms with Crippen LogP contribution in [0.2, 0.25) is 0 Å². The number of hydrogen-bond donors (Lipinski definition) is 3. The molecule has 0 spiro atoms. The zero-order valence-electron chi connectivity index (χ0n) is 18.3. The Morgan fingerprint density at radius 3 is 2.26 bits per heavy atom. The summed E-state index contributed by atoms with van der Waals surface area (Å²) >= 11 is 0. The Balaban J connectivity index is 2.11. The Hall–Kier alpha value is -2.65. The molecule has 0 aromatic heterocycles. The summed E-state index contributed by atoms with van der Waals surface area (Å²) in [6.45, 7) is 4.39. The van der Waals surface area contributed by atoms with Gasteiger partial charge in [-0.3, -0.25) is 4.79 Å². The second-order valence-corrected chi connectivity index (χ2v) is 8.75. The fraction of sp³-hybridized carbons (Fsp3) is 0.591. The van der Waals surface area contributed by atoms with Crippen LogP contribution in [0.15, 0.2) is 30.3 Å². The first-order chi connectivity index (χ1) is 14.6. The fourth-order valence-electron chi connectivity index (χ4n) is 3.62. The van der Waals surface area contributed by atoms with Gasteiger partial charge in [0.2, 0.25) is 5.91 Å². The highest BCUT2D eigenvalue weighted by molar-refractivity contribution is 5.89. The van der Waals surface area contributed by atoms with Gasteiger partial charge in [-0.2, -0.15) is 0 Å². The number of carboxylic acids is 1. The summed E-state index contributed by atoms with van der Waals surface area (Å²) in [6.07, 6.45) is 1.85. The second kappa shape index (κ2) is 10.6. The van der Waals surface area contributed by atoms with E-state index in [-0.39, 0.29) is 6.61 Å². The quantitative estimate of drug-likeness (QED) is 0.419. The average Bonchev–Trinajstić information content (AvgIpc) is 2.72. The zero-order valence-corrected chi connectivity index (χ0v) is 18.3. The summed E-state index contributed by atoms with van der Waals surface area (Å²) in [5.74, 6) is -1.83. The molecular weight excluding hydrogens is 404 g/mol. The number of rotatable bonds is 8. The maximum absolute atomic E-state index is 13.0. The molecular formula is C22H32N2O7. The van der Waals surface area contributed by atoms with Crippen LogP contribution in [-0.2, 0) is 25.8 Å². The van der Waals surface area contributed by atoms with Crippen molar-refractivity contribution in [2.75, 3.05) is 6.61 Å². The van der Waals surface area contributed by atoms with Crippen LogP contribution in [0.5, 0.6) is 0 Å². The minimum atomic E-state index is -1.39. The molecule has 0 aliphatic heterocycles. The van der Waals surface area contributed by atoms with Crippen molar-refractivity contribution in [1.29, 1.82) is 0 Å². The standard InChI is InChI=1S/C22H32N2O7/c1-21(2,3)24(31-20(29)30-15-16-10-6-4-7-11-16)17(14-25)18(26)23-22(19(27)28)12-8-5-9-13-22/h4,6-7,10-11,17,25H,5,8-9,12-15H2,1-3H3,(H,23,26)(H,27,28)/t17-/m1/s1. The number of benzene rings is 1. The molecule has 0 bridgehead atoms. The maximum Gasteiger partial charge on any atom is 0.528 e. The fourth-order valence-corrected chi connectivity index (χ4v) is 3.62. The summed E-state index contributed by atoms with van der Waals surface area (Å²) in [6, 6.07) is 7.72. The summed E-state index contributed by atoms with van der Waals surface area (Å²) in [7, 11) is 0. The smallest absolute Gasteiger partial charge is 0.480 e. The number of hydrogen-bond acceptors (Lipinski definition) is 7. The van der Waals surface area contributed by atoms with Gasteiger partial charge in [0.15, 0.2) is 0 Å². The van der Waals surface area contributed by atoms with Gasteiger partial charge in [-0.05, 0) is 39.2 Å². The molecule has 1 aliphatic rings. The Morgan fingerprint density at radius 1 is 1.13 bits per heavy atom. The molecule has 31 heavy (non-hydrogen) atoms. The molecule has 1 fully saturated rings. The van der Waals surface area contributed by atoms with E-state index in [1.165, 1.54) is 0 Å². The van der Waals surface area contributed by atoms with Crippen molar-refractivity contribution in [2.24, 2.45) is 0 Å². The van der Waals surface area contributed by atoms with Gasteiger partial charge in [-0.1, -0.05) is 49.6 Å². The van der Waals surface area contributed by atoms with E-state index < -0.39 is 41.8 Å². The Labute approximate surface area is 182 Å². The van der Waals surface area contributed by atoms with Crippen molar-refractivity contribution < 1.29 is 34.2 Å². The molecule has 1 atom stereocenters.